The molecule has 0 saturated carbocycles. The molecule has 10 nitrogen and oxygen atoms in total. The van der Waals surface area contributed by atoms with Crippen LogP contribution in [0.4, 0.5) is 13.2 Å². The van der Waals surface area contributed by atoms with Crippen molar-refractivity contribution >= 4 is 27.7 Å². The Bertz CT molecular complexity index is 791. The number of hydroxylamine groups is 1. The Morgan fingerprint density at radius 1 is 1.15 bits per heavy atom. The second-order valence-corrected chi connectivity index (χ2v) is 10.4. The zero-order valence-corrected chi connectivity index (χ0v) is 19.8. The third-order valence-corrected chi connectivity index (χ3v) is 7.21. The van der Waals surface area contributed by atoms with E-state index in [2.05, 4.69) is 10.6 Å². The number of carbonyl (C=O) groups is 3. The molecular formula is C19H33F3N4O6S. The summed E-state index contributed by atoms with van der Waals surface area (Å²) in [4.78, 5) is 37.7. The maximum atomic E-state index is 13.1. The summed E-state index contributed by atoms with van der Waals surface area (Å²) >= 11 is 0. The van der Waals surface area contributed by atoms with Crippen LogP contribution < -0.4 is 16.1 Å². The van der Waals surface area contributed by atoms with Crippen LogP contribution in [-0.2, 0) is 24.4 Å². The van der Waals surface area contributed by atoms with Crippen LogP contribution in [0.1, 0.15) is 52.4 Å². The molecule has 1 saturated heterocycles. The number of rotatable bonds is 5. The Morgan fingerprint density at radius 3 is 2.27 bits per heavy atom. The zero-order chi connectivity index (χ0) is 25.4. The van der Waals surface area contributed by atoms with Gasteiger partial charge in [-0.25, -0.2) is 13.9 Å². The number of amides is 3. The Morgan fingerprint density at radius 2 is 1.76 bits per heavy atom. The summed E-state index contributed by atoms with van der Waals surface area (Å²) in [5, 5.41) is 14.2. The van der Waals surface area contributed by atoms with E-state index in [9.17, 15) is 41.2 Å². The Hall–Kier alpha value is -1.93. The number of alkyl halides is 3. The highest BCUT2D eigenvalue weighted by Crippen LogP contribution is 2.30. The normalized spacial score (nSPS) is 24.7. The number of likely N-dealkylation sites (N-methyl/N-ethyl adjacent to an activating group) is 1. The summed E-state index contributed by atoms with van der Waals surface area (Å²) in [6, 6.07) is -1.01. The van der Waals surface area contributed by atoms with Crippen molar-refractivity contribution in [3.63, 3.8) is 0 Å². The van der Waals surface area contributed by atoms with E-state index in [1.807, 2.05) is 0 Å². The van der Waals surface area contributed by atoms with Crippen LogP contribution in [0.15, 0.2) is 0 Å². The van der Waals surface area contributed by atoms with Gasteiger partial charge in [0.1, 0.15) is 6.04 Å². The van der Waals surface area contributed by atoms with E-state index in [0.717, 1.165) is 0 Å². The summed E-state index contributed by atoms with van der Waals surface area (Å²) in [7, 11) is -4.23. The molecule has 1 rings (SSSR count). The van der Waals surface area contributed by atoms with Crippen molar-refractivity contribution in [2.75, 3.05) is 20.1 Å². The first-order valence-electron chi connectivity index (χ1n) is 10.8. The topological polar surface area (TPSA) is 145 Å². The smallest absolute Gasteiger partial charge is 0.357 e. The van der Waals surface area contributed by atoms with E-state index >= 15 is 0 Å². The second-order valence-electron chi connectivity index (χ2n) is 8.48. The van der Waals surface area contributed by atoms with Crippen molar-refractivity contribution < 1.29 is 41.2 Å². The fourth-order valence-electron chi connectivity index (χ4n) is 3.90. The minimum absolute atomic E-state index is 0.0364. The fourth-order valence-corrected chi connectivity index (χ4v) is 4.94. The molecule has 3 atom stereocenters. The minimum atomic E-state index is -5.60. The van der Waals surface area contributed by atoms with Gasteiger partial charge in [-0.1, -0.05) is 13.8 Å². The molecule has 1 aliphatic rings. The lowest BCUT2D eigenvalue weighted by Crippen LogP contribution is -2.50. The molecule has 0 aromatic carbocycles. The van der Waals surface area contributed by atoms with Gasteiger partial charge in [-0.05, 0) is 44.4 Å². The number of hydrogen-bond donors (Lipinski definition) is 4. The molecule has 2 unspecified atom stereocenters. The standard InChI is InChI=1S/C19H33F3N4O6S/c1-12(2)11-14-13(17(28)25-30)7-6-10-26(33(31,32)19(20,21)22)9-5-4-8-15(18(29)23-3)24-16(14)27/h12-15,30H,4-11H2,1-3H3,(H,23,29)(H,24,27)(H,25,28)/t13-,14?,15?/m0/s1. The molecule has 0 spiro atoms. The fraction of sp³-hybridized carbons (Fsp3) is 0.842. The molecule has 1 heterocycles. The lowest BCUT2D eigenvalue weighted by Gasteiger charge is -2.28. The van der Waals surface area contributed by atoms with Gasteiger partial charge in [0.25, 0.3) is 0 Å². The highest BCUT2D eigenvalue weighted by molar-refractivity contribution is 7.90. The molecule has 0 aromatic rings. The van der Waals surface area contributed by atoms with Crippen molar-refractivity contribution in [2.45, 2.75) is 63.9 Å². The van der Waals surface area contributed by atoms with E-state index in [1.165, 1.54) is 12.5 Å². The zero-order valence-electron chi connectivity index (χ0n) is 18.9. The molecule has 0 radical (unpaired) electrons. The van der Waals surface area contributed by atoms with Gasteiger partial charge < -0.3 is 10.6 Å². The van der Waals surface area contributed by atoms with Gasteiger partial charge in [0.2, 0.25) is 17.7 Å². The molecule has 3 amide bonds. The van der Waals surface area contributed by atoms with E-state index in [1.54, 1.807) is 13.8 Å². The first-order valence-corrected chi connectivity index (χ1v) is 12.2. The Labute approximate surface area is 191 Å². The predicted molar refractivity (Wildman–Crippen MR) is 112 cm³/mol. The first-order chi connectivity index (χ1) is 15.3. The maximum absolute atomic E-state index is 13.1. The molecule has 1 aliphatic heterocycles. The highest BCUT2D eigenvalue weighted by Gasteiger charge is 2.49. The van der Waals surface area contributed by atoms with Crippen LogP contribution in [0, 0.1) is 17.8 Å². The molecule has 0 bridgehead atoms. The number of nitrogens with one attached hydrogen (secondary N) is 3. The third-order valence-electron chi connectivity index (χ3n) is 5.58. The van der Waals surface area contributed by atoms with E-state index < -0.39 is 64.2 Å². The summed E-state index contributed by atoms with van der Waals surface area (Å²) in [5.74, 6) is -4.22. The van der Waals surface area contributed by atoms with Gasteiger partial charge in [-0.2, -0.15) is 17.5 Å². The third kappa shape index (κ3) is 8.10. The molecule has 4 N–H and O–H groups in total. The molecule has 192 valence electrons. The van der Waals surface area contributed by atoms with Gasteiger partial charge in [0, 0.05) is 26.1 Å². The Kier molecular flexibility index (Phi) is 11.0. The van der Waals surface area contributed by atoms with Crippen LogP contribution >= 0.6 is 0 Å². The molecular weight excluding hydrogens is 469 g/mol. The van der Waals surface area contributed by atoms with Crippen molar-refractivity contribution in [3.8, 4) is 0 Å². The molecule has 0 aliphatic carbocycles. The van der Waals surface area contributed by atoms with E-state index in [0.29, 0.717) is 4.31 Å². The average Bonchev–Trinajstić information content (AvgIpc) is 2.74. The summed E-state index contributed by atoms with van der Waals surface area (Å²) in [6.45, 7) is 2.67. The van der Waals surface area contributed by atoms with Gasteiger partial charge in [0.05, 0.1) is 5.92 Å². The van der Waals surface area contributed by atoms with Crippen LogP contribution in [0.5, 0.6) is 0 Å². The molecule has 1 fully saturated rings. The maximum Gasteiger partial charge on any atom is 0.511 e. The number of hydrogen-bond acceptors (Lipinski definition) is 6. The first kappa shape index (κ1) is 29.1. The van der Waals surface area contributed by atoms with Gasteiger partial charge in [-0.15, -0.1) is 0 Å². The second kappa shape index (κ2) is 12.5. The van der Waals surface area contributed by atoms with Crippen molar-refractivity contribution in [2.24, 2.45) is 17.8 Å². The molecule has 0 aromatic heterocycles. The lowest BCUT2D eigenvalue weighted by atomic mass is 9.81. The van der Waals surface area contributed by atoms with Crippen LogP contribution in [0.3, 0.4) is 0 Å². The summed E-state index contributed by atoms with van der Waals surface area (Å²) in [5.41, 5.74) is -4.00. The number of carbonyl (C=O) groups excluding carboxylic acids is 3. The lowest BCUT2D eigenvalue weighted by molar-refractivity contribution is -0.142. The molecule has 33 heavy (non-hydrogen) atoms. The van der Waals surface area contributed by atoms with Crippen molar-refractivity contribution in [1.29, 1.82) is 0 Å². The summed E-state index contributed by atoms with van der Waals surface area (Å²) in [6.07, 6.45) is 0.192. The largest absolute Gasteiger partial charge is 0.511 e. The van der Waals surface area contributed by atoms with Crippen LogP contribution in [0.25, 0.3) is 0 Å². The van der Waals surface area contributed by atoms with Gasteiger partial charge in [0.15, 0.2) is 0 Å². The van der Waals surface area contributed by atoms with Crippen LogP contribution in [0.2, 0.25) is 0 Å². The minimum Gasteiger partial charge on any atom is -0.357 e. The van der Waals surface area contributed by atoms with Crippen molar-refractivity contribution in [3.05, 3.63) is 0 Å². The Balaban J connectivity index is 3.35. The molecule has 14 heteroatoms. The number of sulfonamides is 1. The average molecular weight is 503 g/mol. The van der Waals surface area contributed by atoms with E-state index in [4.69, 9.17) is 0 Å². The number of halogens is 3. The van der Waals surface area contributed by atoms with E-state index in [-0.39, 0.29) is 44.4 Å². The SMILES string of the molecule is CNC(=O)C1CCCCN(S(=O)(=O)C(F)(F)F)CCC[C@H](C(=O)NO)C(CC(C)C)C(=O)N1. The quantitative estimate of drug-likeness (QED) is 0.328. The predicted octanol–water partition coefficient (Wildman–Crippen LogP) is 1.12. The number of nitrogens with zero attached hydrogens (tertiary/aromatic N) is 1. The van der Waals surface area contributed by atoms with Crippen molar-refractivity contribution in [1.82, 2.24) is 20.4 Å². The monoisotopic (exact) mass is 502 g/mol. The highest BCUT2D eigenvalue weighted by atomic mass is 32.2. The van der Waals surface area contributed by atoms with Gasteiger partial charge in [-0.3, -0.25) is 19.6 Å². The van der Waals surface area contributed by atoms with Gasteiger partial charge >= 0.3 is 15.5 Å². The summed E-state index contributed by atoms with van der Waals surface area (Å²) < 4.78 is 63.7. The van der Waals surface area contributed by atoms with Crippen LogP contribution in [-0.4, -0.2) is 67.3 Å².